The van der Waals surface area contributed by atoms with Crippen LogP contribution in [0.5, 0.6) is 0 Å². The molecule has 0 spiro atoms. The van der Waals surface area contributed by atoms with Crippen molar-refractivity contribution in [1.29, 1.82) is 0 Å². The van der Waals surface area contributed by atoms with Gasteiger partial charge in [-0.25, -0.2) is 4.39 Å². The number of rotatable bonds is 4. The zero-order chi connectivity index (χ0) is 11.4. The molecule has 3 nitrogen and oxygen atoms in total. The van der Waals surface area contributed by atoms with Crippen LogP contribution in [0.4, 0.5) is 4.39 Å². The third-order valence-corrected chi connectivity index (χ3v) is 2.34. The van der Waals surface area contributed by atoms with Gasteiger partial charge >= 0.3 is 0 Å². The van der Waals surface area contributed by atoms with Crippen LogP contribution in [0.15, 0.2) is 28.8 Å². The molecule has 2 rings (SSSR count). The van der Waals surface area contributed by atoms with Gasteiger partial charge in [0, 0.05) is 17.9 Å². The second kappa shape index (κ2) is 5.07. The third-order valence-electron chi connectivity index (χ3n) is 2.08. The van der Waals surface area contributed by atoms with Gasteiger partial charge in [0.1, 0.15) is 5.82 Å². The Balaban J connectivity index is 2.18. The van der Waals surface area contributed by atoms with E-state index in [1.165, 1.54) is 12.1 Å². The van der Waals surface area contributed by atoms with Gasteiger partial charge in [0.05, 0.1) is 0 Å². The minimum absolute atomic E-state index is 0.315. The third kappa shape index (κ3) is 2.58. The molecule has 0 unspecified atom stereocenters. The number of nitrogens with zero attached hydrogens (tertiary/aromatic N) is 2. The van der Waals surface area contributed by atoms with Crippen molar-refractivity contribution in [2.45, 2.75) is 12.8 Å². The highest BCUT2D eigenvalue weighted by Crippen LogP contribution is 2.17. The Morgan fingerprint density at radius 2 is 2.25 bits per heavy atom. The second-order valence-corrected chi connectivity index (χ2v) is 3.69. The first-order chi connectivity index (χ1) is 7.79. The van der Waals surface area contributed by atoms with Crippen LogP contribution in [0.1, 0.15) is 12.3 Å². The molecule has 0 amide bonds. The molecule has 5 heteroatoms. The van der Waals surface area contributed by atoms with Crippen LogP contribution in [-0.4, -0.2) is 16.0 Å². The summed E-state index contributed by atoms with van der Waals surface area (Å²) in [6.45, 7) is 0. The number of hydrogen-bond acceptors (Lipinski definition) is 3. The molecule has 0 saturated heterocycles. The van der Waals surface area contributed by atoms with Gasteiger partial charge in [-0.3, -0.25) is 0 Å². The molecule has 0 bridgehead atoms. The average molecular weight is 241 g/mol. The molecule has 0 N–H and O–H groups in total. The summed E-state index contributed by atoms with van der Waals surface area (Å²) in [6, 6.07) is 6.09. The predicted octanol–water partition coefficient (Wildman–Crippen LogP) is 3.05. The number of benzene rings is 1. The van der Waals surface area contributed by atoms with Crippen LogP contribution in [0.25, 0.3) is 11.4 Å². The summed E-state index contributed by atoms with van der Waals surface area (Å²) in [4.78, 5) is 4.16. The molecular weight excluding hydrogens is 231 g/mol. The first-order valence-corrected chi connectivity index (χ1v) is 5.47. The van der Waals surface area contributed by atoms with Gasteiger partial charge < -0.3 is 4.52 Å². The van der Waals surface area contributed by atoms with Crippen LogP contribution in [0, 0.1) is 5.82 Å². The molecule has 1 heterocycles. The largest absolute Gasteiger partial charge is 0.339 e. The molecule has 0 atom stereocenters. The van der Waals surface area contributed by atoms with E-state index in [4.69, 9.17) is 16.1 Å². The SMILES string of the molecule is Fc1cccc(-c2noc(CCCCl)n2)c1. The van der Waals surface area contributed by atoms with Crippen molar-refractivity contribution in [3.63, 3.8) is 0 Å². The number of hydrogen-bond donors (Lipinski definition) is 0. The Hall–Kier alpha value is -1.42. The minimum Gasteiger partial charge on any atom is -0.339 e. The number of halogens is 2. The number of alkyl halides is 1. The maximum Gasteiger partial charge on any atom is 0.227 e. The Morgan fingerprint density at radius 1 is 1.38 bits per heavy atom. The quantitative estimate of drug-likeness (QED) is 0.771. The van der Waals surface area contributed by atoms with Crippen molar-refractivity contribution in [3.8, 4) is 11.4 Å². The highest BCUT2D eigenvalue weighted by atomic mass is 35.5. The van der Waals surface area contributed by atoms with E-state index < -0.39 is 0 Å². The molecule has 84 valence electrons. The Morgan fingerprint density at radius 3 is 3.00 bits per heavy atom. The summed E-state index contributed by atoms with van der Waals surface area (Å²) in [5, 5.41) is 3.78. The molecule has 0 radical (unpaired) electrons. The summed E-state index contributed by atoms with van der Waals surface area (Å²) < 4.78 is 18.0. The van der Waals surface area contributed by atoms with Gasteiger partial charge in [-0.1, -0.05) is 17.3 Å². The van der Waals surface area contributed by atoms with E-state index in [0.717, 1.165) is 6.42 Å². The van der Waals surface area contributed by atoms with Crippen LogP contribution >= 0.6 is 11.6 Å². The normalized spacial score (nSPS) is 10.6. The lowest BCUT2D eigenvalue weighted by Crippen LogP contribution is -1.87. The summed E-state index contributed by atoms with van der Waals surface area (Å²) in [5.41, 5.74) is 0.612. The lowest BCUT2D eigenvalue weighted by Gasteiger charge is -1.92. The van der Waals surface area contributed by atoms with Gasteiger partial charge in [-0.05, 0) is 18.6 Å². The summed E-state index contributed by atoms with van der Waals surface area (Å²) >= 11 is 5.56. The van der Waals surface area contributed by atoms with Gasteiger partial charge in [-0.2, -0.15) is 4.98 Å². The van der Waals surface area contributed by atoms with E-state index in [1.54, 1.807) is 12.1 Å². The molecule has 1 aromatic carbocycles. The lowest BCUT2D eigenvalue weighted by molar-refractivity contribution is 0.378. The van der Waals surface area contributed by atoms with E-state index in [1.807, 2.05) is 0 Å². The van der Waals surface area contributed by atoms with E-state index in [-0.39, 0.29) is 5.82 Å². The summed E-state index contributed by atoms with van der Waals surface area (Å²) in [5.74, 6) is 1.17. The van der Waals surface area contributed by atoms with Crippen LogP contribution in [0.3, 0.4) is 0 Å². The summed E-state index contributed by atoms with van der Waals surface area (Å²) in [6.07, 6.45) is 1.43. The van der Waals surface area contributed by atoms with E-state index in [2.05, 4.69) is 10.1 Å². The smallest absolute Gasteiger partial charge is 0.227 e. The van der Waals surface area contributed by atoms with Crippen molar-refractivity contribution in [1.82, 2.24) is 10.1 Å². The number of aromatic nitrogens is 2. The molecule has 16 heavy (non-hydrogen) atoms. The molecule has 1 aromatic heterocycles. The van der Waals surface area contributed by atoms with E-state index in [0.29, 0.717) is 29.6 Å². The Kier molecular flexibility index (Phi) is 3.51. The molecular formula is C11H10ClFN2O. The maximum absolute atomic E-state index is 13.0. The molecule has 0 aliphatic rings. The first-order valence-electron chi connectivity index (χ1n) is 4.94. The average Bonchev–Trinajstić information content (AvgIpc) is 2.75. The monoisotopic (exact) mass is 240 g/mol. The van der Waals surface area contributed by atoms with E-state index >= 15 is 0 Å². The fourth-order valence-electron chi connectivity index (χ4n) is 1.32. The lowest BCUT2D eigenvalue weighted by atomic mass is 10.2. The van der Waals surface area contributed by atoms with Crippen molar-refractivity contribution < 1.29 is 8.91 Å². The fraction of sp³-hybridized carbons (Fsp3) is 0.273. The Labute approximate surface area is 97.2 Å². The van der Waals surface area contributed by atoms with Crippen molar-refractivity contribution in [2.24, 2.45) is 0 Å². The predicted molar refractivity (Wildman–Crippen MR) is 58.7 cm³/mol. The standard InChI is InChI=1S/C11H10ClFN2O/c12-6-2-5-10-14-11(15-16-10)8-3-1-4-9(13)7-8/h1,3-4,7H,2,5-6H2. The van der Waals surface area contributed by atoms with Crippen LogP contribution < -0.4 is 0 Å². The fourth-order valence-corrected chi connectivity index (χ4v) is 1.45. The molecule has 0 saturated carbocycles. The maximum atomic E-state index is 13.0. The highest BCUT2D eigenvalue weighted by Gasteiger charge is 2.08. The number of aryl methyl sites for hydroxylation is 1. The molecule has 0 aliphatic heterocycles. The van der Waals surface area contributed by atoms with Gasteiger partial charge in [-0.15, -0.1) is 11.6 Å². The van der Waals surface area contributed by atoms with Crippen molar-refractivity contribution >= 4 is 11.6 Å². The zero-order valence-corrected chi connectivity index (χ0v) is 9.25. The van der Waals surface area contributed by atoms with Crippen LogP contribution in [0.2, 0.25) is 0 Å². The molecule has 0 fully saturated rings. The van der Waals surface area contributed by atoms with Crippen LogP contribution in [-0.2, 0) is 6.42 Å². The minimum atomic E-state index is -0.315. The summed E-state index contributed by atoms with van der Waals surface area (Å²) in [7, 11) is 0. The van der Waals surface area contributed by atoms with Gasteiger partial charge in [0.15, 0.2) is 0 Å². The first kappa shape index (κ1) is 11.1. The van der Waals surface area contributed by atoms with Gasteiger partial charge in [0.25, 0.3) is 0 Å². The molecule has 2 aromatic rings. The zero-order valence-electron chi connectivity index (χ0n) is 8.49. The second-order valence-electron chi connectivity index (χ2n) is 3.31. The van der Waals surface area contributed by atoms with Crippen molar-refractivity contribution in [3.05, 3.63) is 36.0 Å². The highest BCUT2D eigenvalue weighted by molar-refractivity contribution is 6.17. The Bertz CT molecular complexity index is 473. The van der Waals surface area contributed by atoms with Crippen molar-refractivity contribution in [2.75, 3.05) is 5.88 Å². The van der Waals surface area contributed by atoms with E-state index in [9.17, 15) is 4.39 Å². The molecule has 0 aliphatic carbocycles. The topological polar surface area (TPSA) is 38.9 Å². The van der Waals surface area contributed by atoms with Gasteiger partial charge in [0.2, 0.25) is 11.7 Å².